The van der Waals surface area contributed by atoms with Gasteiger partial charge in [0.05, 0.1) is 22.5 Å². The lowest BCUT2D eigenvalue weighted by Gasteiger charge is -2.13. The molecule has 0 bridgehead atoms. The number of anilines is 1. The molecule has 0 aliphatic heterocycles. The smallest absolute Gasteiger partial charge is 0.350 e. The molecular formula is C17H19N3O3S2. The van der Waals surface area contributed by atoms with Crippen LogP contribution in [0.15, 0.2) is 17.5 Å². The highest BCUT2D eigenvalue weighted by molar-refractivity contribution is 7.18. The predicted octanol–water partition coefficient (Wildman–Crippen LogP) is 4.48. The van der Waals surface area contributed by atoms with Crippen LogP contribution in [0.25, 0.3) is 10.2 Å². The Labute approximate surface area is 153 Å². The van der Waals surface area contributed by atoms with Gasteiger partial charge in [-0.1, -0.05) is 11.3 Å². The Morgan fingerprint density at radius 2 is 2.16 bits per heavy atom. The number of nitrogens with zero attached hydrogens (tertiary/aromatic N) is 2. The van der Waals surface area contributed by atoms with E-state index in [1.54, 1.807) is 25.2 Å². The first-order chi connectivity index (χ1) is 11.9. The molecule has 0 aromatic carbocycles. The van der Waals surface area contributed by atoms with E-state index in [1.807, 2.05) is 35.9 Å². The molecule has 0 fully saturated rings. The van der Waals surface area contributed by atoms with Crippen LogP contribution in [0.4, 0.5) is 5.13 Å². The fraction of sp³-hybridized carbons (Fsp3) is 0.353. The van der Waals surface area contributed by atoms with E-state index in [9.17, 15) is 9.59 Å². The van der Waals surface area contributed by atoms with Crippen LogP contribution < -0.4 is 5.32 Å². The molecule has 3 aromatic heterocycles. The van der Waals surface area contributed by atoms with E-state index < -0.39 is 5.97 Å². The van der Waals surface area contributed by atoms with Gasteiger partial charge in [0, 0.05) is 6.04 Å². The zero-order valence-electron chi connectivity index (χ0n) is 14.5. The Kier molecular flexibility index (Phi) is 4.91. The lowest BCUT2D eigenvalue weighted by Crippen LogP contribution is -2.18. The lowest BCUT2D eigenvalue weighted by atomic mass is 10.3. The van der Waals surface area contributed by atoms with E-state index in [4.69, 9.17) is 4.74 Å². The van der Waals surface area contributed by atoms with Crippen LogP contribution in [0.5, 0.6) is 0 Å². The van der Waals surface area contributed by atoms with Crippen molar-refractivity contribution in [1.82, 2.24) is 9.55 Å². The topological polar surface area (TPSA) is 73.2 Å². The first-order valence-corrected chi connectivity index (χ1v) is 9.66. The maximum Gasteiger partial charge on any atom is 0.350 e. The van der Waals surface area contributed by atoms with E-state index in [-0.39, 0.29) is 11.9 Å². The Morgan fingerprint density at radius 3 is 2.84 bits per heavy atom. The van der Waals surface area contributed by atoms with Crippen LogP contribution in [0, 0.1) is 6.92 Å². The molecule has 0 radical (unpaired) electrons. The minimum atomic E-state index is -0.413. The van der Waals surface area contributed by atoms with Crippen molar-refractivity contribution >= 4 is 49.9 Å². The lowest BCUT2D eigenvalue weighted by molar-refractivity contribution is 0.0531. The number of esters is 1. The number of thiophene rings is 1. The predicted molar refractivity (Wildman–Crippen MR) is 101 cm³/mol. The summed E-state index contributed by atoms with van der Waals surface area (Å²) in [6.45, 7) is 7.87. The average molecular weight is 377 g/mol. The van der Waals surface area contributed by atoms with Crippen molar-refractivity contribution in [3.05, 3.63) is 33.8 Å². The van der Waals surface area contributed by atoms with Gasteiger partial charge < -0.3 is 9.30 Å². The highest BCUT2D eigenvalue weighted by Gasteiger charge is 2.21. The molecule has 3 rings (SSSR count). The van der Waals surface area contributed by atoms with Gasteiger partial charge in [-0.3, -0.25) is 10.1 Å². The molecule has 132 valence electrons. The number of aromatic nitrogens is 2. The number of amides is 1. The molecular weight excluding hydrogens is 358 g/mol. The first-order valence-electron chi connectivity index (χ1n) is 7.96. The maximum atomic E-state index is 12.7. The molecule has 0 saturated heterocycles. The quantitative estimate of drug-likeness (QED) is 0.666. The van der Waals surface area contributed by atoms with Crippen molar-refractivity contribution in [2.45, 2.75) is 33.7 Å². The Balaban J connectivity index is 1.88. The molecule has 0 aliphatic rings. The number of hydrogen-bond acceptors (Lipinski definition) is 6. The molecule has 0 aliphatic carbocycles. The van der Waals surface area contributed by atoms with Gasteiger partial charge in [0.2, 0.25) is 0 Å². The molecule has 0 spiro atoms. The highest BCUT2D eigenvalue weighted by atomic mass is 32.1. The number of thiazole rings is 1. The zero-order valence-corrected chi connectivity index (χ0v) is 16.1. The third-order valence-electron chi connectivity index (χ3n) is 3.69. The zero-order chi connectivity index (χ0) is 18.1. The summed E-state index contributed by atoms with van der Waals surface area (Å²) in [7, 11) is 0. The van der Waals surface area contributed by atoms with Crippen LogP contribution in [-0.4, -0.2) is 28.0 Å². The molecule has 0 atom stereocenters. The van der Waals surface area contributed by atoms with Crippen LogP contribution >= 0.6 is 22.7 Å². The monoisotopic (exact) mass is 377 g/mol. The average Bonchev–Trinajstić information content (AvgIpc) is 3.20. The molecule has 3 aromatic rings. The second-order valence-corrected chi connectivity index (χ2v) is 7.72. The first kappa shape index (κ1) is 17.6. The summed E-state index contributed by atoms with van der Waals surface area (Å²) in [5.41, 5.74) is 2.19. The fourth-order valence-corrected chi connectivity index (χ4v) is 4.34. The summed E-state index contributed by atoms with van der Waals surface area (Å²) < 4.78 is 8.09. The van der Waals surface area contributed by atoms with E-state index in [2.05, 4.69) is 10.3 Å². The molecule has 1 amide bonds. The largest absolute Gasteiger partial charge is 0.462 e. The van der Waals surface area contributed by atoms with Gasteiger partial charge in [-0.25, -0.2) is 9.78 Å². The fourth-order valence-electron chi connectivity index (χ4n) is 2.67. The number of fused-ring (bicyclic) bond motifs is 1. The van der Waals surface area contributed by atoms with Crippen molar-refractivity contribution in [2.24, 2.45) is 0 Å². The number of hydrogen-bond donors (Lipinski definition) is 1. The second-order valence-electron chi connectivity index (χ2n) is 5.77. The molecule has 6 nitrogen and oxygen atoms in total. The Morgan fingerprint density at radius 1 is 1.40 bits per heavy atom. The van der Waals surface area contributed by atoms with Gasteiger partial charge in [0.15, 0.2) is 5.13 Å². The maximum absolute atomic E-state index is 12.7. The number of aryl methyl sites for hydroxylation is 1. The van der Waals surface area contributed by atoms with Crippen molar-refractivity contribution in [2.75, 3.05) is 11.9 Å². The Hall–Kier alpha value is -2.19. The number of ether oxygens (including phenoxy) is 1. The standard InChI is InChI=1S/C17H19N3O3S2/c1-5-23-16(22)14-10(4)18-17(25-14)19-15(21)12-8-13-11(6-7-24-13)20(12)9(2)3/h6-9H,5H2,1-4H3,(H,18,19,21). The van der Waals surface area contributed by atoms with Crippen molar-refractivity contribution < 1.29 is 14.3 Å². The van der Waals surface area contributed by atoms with E-state index >= 15 is 0 Å². The molecule has 1 N–H and O–H groups in total. The summed E-state index contributed by atoms with van der Waals surface area (Å²) in [6, 6.07) is 4.06. The van der Waals surface area contributed by atoms with Crippen LogP contribution in [0.3, 0.4) is 0 Å². The van der Waals surface area contributed by atoms with Gasteiger partial charge in [-0.15, -0.1) is 11.3 Å². The minimum Gasteiger partial charge on any atom is -0.462 e. The third kappa shape index (κ3) is 3.32. The van der Waals surface area contributed by atoms with Gasteiger partial charge in [-0.05, 0) is 45.2 Å². The summed E-state index contributed by atoms with van der Waals surface area (Å²) in [5.74, 6) is -0.648. The molecule has 8 heteroatoms. The summed E-state index contributed by atoms with van der Waals surface area (Å²) in [4.78, 5) is 29.3. The summed E-state index contributed by atoms with van der Waals surface area (Å²) in [5, 5.41) is 5.22. The van der Waals surface area contributed by atoms with E-state index in [0.29, 0.717) is 28.0 Å². The number of nitrogens with one attached hydrogen (secondary N) is 1. The molecule has 0 saturated carbocycles. The van der Waals surface area contributed by atoms with Gasteiger partial charge >= 0.3 is 5.97 Å². The van der Waals surface area contributed by atoms with Gasteiger partial charge in [0.25, 0.3) is 5.91 Å². The SMILES string of the molecule is CCOC(=O)c1sc(NC(=O)c2cc3sccc3n2C(C)C)nc1C. The van der Waals surface area contributed by atoms with Crippen molar-refractivity contribution in [1.29, 1.82) is 0 Å². The number of rotatable bonds is 5. The summed E-state index contributed by atoms with van der Waals surface area (Å²) >= 11 is 2.73. The van der Waals surface area contributed by atoms with Crippen molar-refractivity contribution in [3.63, 3.8) is 0 Å². The molecule has 0 unspecified atom stereocenters. The normalized spacial score (nSPS) is 11.2. The van der Waals surface area contributed by atoms with Crippen LogP contribution in [-0.2, 0) is 4.74 Å². The molecule has 25 heavy (non-hydrogen) atoms. The van der Waals surface area contributed by atoms with Gasteiger partial charge in [-0.2, -0.15) is 0 Å². The van der Waals surface area contributed by atoms with E-state index in [1.165, 1.54) is 0 Å². The Bertz CT molecular complexity index is 936. The van der Waals surface area contributed by atoms with Crippen LogP contribution in [0.2, 0.25) is 0 Å². The van der Waals surface area contributed by atoms with Crippen LogP contribution in [0.1, 0.15) is 52.7 Å². The number of carbonyl (C=O) groups is 2. The highest BCUT2D eigenvalue weighted by Crippen LogP contribution is 2.30. The summed E-state index contributed by atoms with van der Waals surface area (Å²) in [6.07, 6.45) is 0. The van der Waals surface area contributed by atoms with Gasteiger partial charge in [0.1, 0.15) is 10.6 Å². The van der Waals surface area contributed by atoms with E-state index in [0.717, 1.165) is 21.6 Å². The number of carbonyl (C=O) groups excluding carboxylic acids is 2. The second kappa shape index (κ2) is 6.97. The third-order valence-corrected chi connectivity index (χ3v) is 5.59. The molecule has 3 heterocycles. The minimum absolute atomic E-state index is 0.154. The van der Waals surface area contributed by atoms with Crippen molar-refractivity contribution in [3.8, 4) is 0 Å².